The summed E-state index contributed by atoms with van der Waals surface area (Å²) in [5, 5.41) is 11.1. The Morgan fingerprint density at radius 1 is 1.28 bits per heavy atom. The second-order valence-electron chi connectivity index (χ2n) is 7.64. The van der Waals surface area contributed by atoms with Crippen molar-refractivity contribution in [1.29, 1.82) is 0 Å². The Bertz CT molecular complexity index is 1300. The number of carbonyl (C=O) groups excluding carboxylic acids is 2. The van der Waals surface area contributed by atoms with Crippen LogP contribution in [0.4, 0.5) is 5.69 Å². The van der Waals surface area contributed by atoms with Gasteiger partial charge in [0, 0.05) is 41.6 Å². The third kappa shape index (κ3) is 4.93. The molecule has 1 aliphatic heterocycles. The van der Waals surface area contributed by atoms with E-state index in [1.807, 2.05) is 0 Å². The van der Waals surface area contributed by atoms with Gasteiger partial charge < -0.3 is 15.5 Å². The highest BCUT2D eigenvalue weighted by Gasteiger charge is 2.21. The average molecular weight is 476 g/mol. The van der Waals surface area contributed by atoms with Crippen LogP contribution in [0.3, 0.4) is 0 Å². The van der Waals surface area contributed by atoms with Gasteiger partial charge in [0.15, 0.2) is 9.84 Å². The third-order valence-corrected chi connectivity index (χ3v) is 6.64. The molecular weight excluding hydrogens is 454 g/mol. The largest absolute Gasteiger partial charge is 0.326 e. The van der Waals surface area contributed by atoms with Crippen LogP contribution in [-0.2, 0) is 32.5 Å². The van der Waals surface area contributed by atoms with Gasteiger partial charge in [-0.2, -0.15) is 5.10 Å². The lowest BCUT2D eigenvalue weighted by Crippen LogP contribution is -2.48. The molecule has 1 aliphatic rings. The molecule has 9 nitrogen and oxygen atoms in total. The van der Waals surface area contributed by atoms with Crippen molar-refractivity contribution in [2.45, 2.75) is 18.0 Å². The maximum absolute atomic E-state index is 12.5. The topological polar surface area (TPSA) is 113 Å². The zero-order valence-electron chi connectivity index (χ0n) is 17.3. The summed E-state index contributed by atoms with van der Waals surface area (Å²) in [4.78, 5) is 26.3. The van der Waals surface area contributed by atoms with E-state index in [4.69, 9.17) is 11.6 Å². The number of amides is 2. The van der Waals surface area contributed by atoms with Gasteiger partial charge in [-0.25, -0.2) is 8.42 Å². The molecule has 2 heterocycles. The first-order valence-electron chi connectivity index (χ1n) is 9.94. The minimum Gasteiger partial charge on any atom is -0.326 e. The molecule has 4 rings (SSSR count). The zero-order valence-corrected chi connectivity index (χ0v) is 18.9. The molecule has 0 bridgehead atoms. The maximum Gasteiger partial charge on any atom is 0.238 e. The van der Waals surface area contributed by atoms with E-state index in [1.165, 1.54) is 10.7 Å². The Kier molecular flexibility index (Phi) is 6.18. The number of benzene rings is 2. The molecule has 0 spiro atoms. The number of carbonyl (C=O) groups is 2. The lowest BCUT2D eigenvalue weighted by atomic mass is 10.1. The fraction of sp³-hybridized carbons (Fsp3) is 0.286. The predicted molar refractivity (Wildman–Crippen MR) is 121 cm³/mol. The van der Waals surface area contributed by atoms with Crippen molar-refractivity contribution in [3.8, 4) is 0 Å². The zero-order chi connectivity index (χ0) is 22.9. The number of sulfone groups is 1. The van der Waals surface area contributed by atoms with Crippen LogP contribution in [0.5, 0.6) is 0 Å². The Balaban J connectivity index is 1.63. The minimum absolute atomic E-state index is 0.0471. The molecule has 0 unspecified atom stereocenters. The van der Waals surface area contributed by atoms with E-state index in [2.05, 4.69) is 15.7 Å². The Hall–Kier alpha value is -2.95. The molecule has 0 atom stereocenters. The van der Waals surface area contributed by atoms with Gasteiger partial charge >= 0.3 is 0 Å². The molecule has 1 saturated heterocycles. The molecule has 2 N–H and O–H groups in total. The minimum atomic E-state index is -3.60. The van der Waals surface area contributed by atoms with E-state index < -0.39 is 9.84 Å². The number of nitrogens with one attached hydrogen (secondary N) is 2. The molecule has 168 valence electrons. The number of nitrogens with zero attached hydrogens (tertiary/aromatic N) is 3. The summed E-state index contributed by atoms with van der Waals surface area (Å²) in [6, 6.07) is 10.1. The first-order valence-corrected chi connectivity index (χ1v) is 12.2. The standard InChI is InChI=1S/C21H22ClN5O4S/c1-32(30,31)19-10-15(24-20(28)8-14-4-2-3-5-17(14)22)9-18-16(19)12-27(25-18)13-26-7-6-23-11-21(26)29/h2-5,9-10,12,23H,6-8,11,13H2,1H3,(H,24,28). The van der Waals surface area contributed by atoms with Gasteiger partial charge in [0.1, 0.15) is 6.67 Å². The number of halogens is 1. The van der Waals surface area contributed by atoms with Gasteiger partial charge in [0.2, 0.25) is 11.8 Å². The van der Waals surface area contributed by atoms with Crippen molar-refractivity contribution < 1.29 is 18.0 Å². The first-order chi connectivity index (χ1) is 15.2. The molecule has 0 aliphatic carbocycles. The molecule has 2 aromatic carbocycles. The number of aromatic nitrogens is 2. The van der Waals surface area contributed by atoms with Crippen LogP contribution >= 0.6 is 11.6 Å². The SMILES string of the molecule is CS(=O)(=O)c1cc(NC(=O)Cc2ccccc2Cl)cc2nn(CN3CCNCC3=O)cc12. The summed E-state index contributed by atoms with van der Waals surface area (Å²) in [5.74, 6) is -0.380. The van der Waals surface area contributed by atoms with E-state index in [-0.39, 0.29) is 36.3 Å². The molecular formula is C21H22ClN5O4S. The second kappa shape index (κ2) is 8.89. The molecule has 11 heteroatoms. The van der Waals surface area contributed by atoms with Gasteiger partial charge in [-0.05, 0) is 23.8 Å². The Morgan fingerprint density at radius 2 is 2.06 bits per heavy atom. The second-order valence-corrected chi connectivity index (χ2v) is 10.0. The van der Waals surface area contributed by atoms with E-state index in [1.54, 1.807) is 41.4 Å². The summed E-state index contributed by atoms with van der Waals surface area (Å²) in [5.41, 5.74) is 1.39. The van der Waals surface area contributed by atoms with E-state index in [9.17, 15) is 18.0 Å². The van der Waals surface area contributed by atoms with Crippen LogP contribution in [0.1, 0.15) is 5.56 Å². The molecule has 32 heavy (non-hydrogen) atoms. The summed E-state index contributed by atoms with van der Waals surface area (Å²) < 4.78 is 26.4. The van der Waals surface area contributed by atoms with E-state index >= 15 is 0 Å². The van der Waals surface area contributed by atoms with Crippen molar-refractivity contribution in [2.75, 3.05) is 31.2 Å². The number of fused-ring (bicyclic) bond motifs is 1. The lowest BCUT2D eigenvalue weighted by molar-refractivity contribution is -0.133. The van der Waals surface area contributed by atoms with Crippen LogP contribution < -0.4 is 10.6 Å². The van der Waals surface area contributed by atoms with Gasteiger partial charge in [-0.3, -0.25) is 14.3 Å². The summed E-state index contributed by atoms with van der Waals surface area (Å²) in [7, 11) is -3.60. The van der Waals surface area contributed by atoms with Crippen molar-refractivity contribution in [3.63, 3.8) is 0 Å². The monoisotopic (exact) mass is 475 g/mol. The molecule has 1 aromatic heterocycles. The smallest absolute Gasteiger partial charge is 0.238 e. The number of piperazine rings is 1. The van der Waals surface area contributed by atoms with Crippen molar-refractivity contribution in [1.82, 2.24) is 20.0 Å². The van der Waals surface area contributed by atoms with Crippen LogP contribution in [-0.4, -0.2) is 60.8 Å². The predicted octanol–water partition coefficient (Wildman–Crippen LogP) is 1.66. The van der Waals surface area contributed by atoms with Crippen molar-refractivity contribution in [2.24, 2.45) is 0 Å². The van der Waals surface area contributed by atoms with Crippen LogP contribution in [0.25, 0.3) is 10.9 Å². The molecule has 3 aromatic rings. The summed E-state index contributed by atoms with van der Waals surface area (Å²) in [6.07, 6.45) is 2.76. The third-order valence-electron chi connectivity index (χ3n) is 5.13. The Morgan fingerprint density at radius 3 is 2.78 bits per heavy atom. The van der Waals surface area contributed by atoms with Crippen molar-refractivity contribution in [3.05, 3.63) is 53.2 Å². The molecule has 0 radical (unpaired) electrons. The first kappa shape index (κ1) is 22.3. The normalized spacial score (nSPS) is 14.7. The fourth-order valence-electron chi connectivity index (χ4n) is 3.58. The highest BCUT2D eigenvalue weighted by atomic mass is 35.5. The highest BCUT2D eigenvalue weighted by molar-refractivity contribution is 7.91. The molecule has 2 amide bonds. The molecule has 1 fully saturated rings. The van der Waals surface area contributed by atoms with Crippen molar-refractivity contribution >= 4 is 49.8 Å². The number of hydrogen-bond acceptors (Lipinski definition) is 6. The number of rotatable bonds is 6. The van der Waals surface area contributed by atoms with Crippen LogP contribution in [0.2, 0.25) is 5.02 Å². The van der Waals surface area contributed by atoms with Gasteiger partial charge in [0.05, 0.1) is 23.4 Å². The molecule has 0 saturated carbocycles. The van der Waals surface area contributed by atoms with E-state index in [0.717, 1.165) is 6.26 Å². The fourth-order valence-corrected chi connectivity index (χ4v) is 4.68. The quantitative estimate of drug-likeness (QED) is 0.560. The average Bonchev–Trinajstić information content (AvgIpc) is 3.12. The van der Waals surface area contributed by atoms with Crippen LogP contribution in [0, 0.1) is 0 Å². The summed E-state index contributed by atoms with van der Waals surface area (Å²) >= 11 is 6.12. The van der Waals surface area contributed by atoms with Gasteiger partial charge in [-0.15, -0.1) is 0 Å². The Labute approximate surface area is 190 Å². The highest BCUT2D eigenvalue weighted by Crippen LogP contribution is 2.27. The van der Waals surface area contributed by atoms with Gasteiger partial charge in [0.25, 0.3) is 0 Å². The number of anilines is 1. The maximum atomic E-state index is 12.5. The van der Waals surface area contributed by atoms with Crippen LogP contribution in [0.15, 0.2) is 47.5 Å². The number of hydrogen-bond donors (Lipinski definition) is 2. The summed E-state index contributed by atoms with van der Waals surface area (Å²) in [6.45, 7) is 1.70. The lowest BCUT2D eigenvalue weighted by Gasteiger charge is -2.27. The van der Waals surface area contributed by atoms with Gasteiger partial charge in [-0.1, -0.05) is 29.8 Å². The van der Waals surface area contributed by atoms with E-state index in [0.29, 0.717) is 40.3 Å².